The molecule has 0 fully saturated rings. The zero-order valence-electron chi connectivity index (χ0n) is 8.85. The van der Waals surface area contributed by atoms with Crippen molar-refractivity contribution in [1.82, 2.24) is 9.97 Å². The average molecular weight is 218 g/mol. The van der Waals surface area contributed by atoms with Crippen LogP contribution < -0.4 is 10.6 Å². The van der Waals surface area contributed by atoms with Gasteiger partial charge >= 0.3 is 5.69 Å². The van der Waals surface area contributed by atoms with Crippen molar-refractivity contribution < 1.29 is 0 Å². The molecule has 16 heavy (non-hydrogen) atoms. The standard InChI is InChI=1S/C9H10N6O/c1-15(2)8-4-6-5(11-9(16)12-6)3-7(8)13-14-10/h3-4H,1-2H3,(H2,11,12,16). The summed E-state index contributed by atoms with van der Waals surface area (Å²) < 4.78 is 0. The summed E-state index contributed by atoms with van der Waals surface area (Å²) in [5, 5.41) is 3.59. The maximum atomic E-state index is 11.1. The Balaban J connectivity index is 2.79. The van der Waals surface area contributed by atoms with E-state index in [1.54, 1.807) is 12.1 Å². The van der Waals surface area contributed by atoms with Crippen LogP contribution in [0.4, 0.5) is 11.4 Å². The third kappa shape index (κ3) is 1.59. The third-order valence-corrected chi connectivity index (χ3v) is 2.25. The number of nitrogens with one attached hydrogen (secondary N) is 2. The molecule has 0 spiro atoms. The summed E-state index contributed by atoms with van der Waals surface area (Å²) in [4.78, 5) is 20.9. The number of rotatable bonds is 2. The summed E-state index contributed by atoms with van der Waals surface area (Å²) in [6.07, 6.45) is 0. The van der Waals surface area contributed by atoms with Crippen molar-refractivity contribution >= 4 is 22.4 Å². The number of fused-ring (bicyclic) bond motifs is 1. The largest absolute Gasteiger partial charge is 0.377 e. The lowest BCUT2D eigenvalue weighted by molar-refractivity contribution is 1.13. The van der Waals surface area contributed by atoms with Gasteiger partial charge in [0.1, 0.15) is 0 Å². The normalized spacial score (nSPS) is 10.1. The van der Waals surface area contributed by atoms with Crippen LogP contribution >= 0.6 is 0 Å². The quantitative estimate of drug-likeness (QED) is 0.456. The maximum Gasteiger partial charge on any atom is 0.323 e. The molecule has 1 aromatic heterocycles. The minimum atomic E-state index is -0.280. The molecule has 0 saturated heterocycles. The molecule has 0 bridgehead atoms. The molecule has 7 nitrogen and oxygen atoms in total. The van der Waals surface area contributed by atoms with Crippen LogP contribution in [0.1, 0.15) is 0 Å². The number of benzene rings is 1. The molecule has 2 N–H and O–H groups in total. The Kier molecular flexibility index (Phi) is 2.30. The number of nitrogens with zero attached hydrogens (tertiary/aromatic N) is 4. The fraction of sp³-hybridized carbons (Fsp3) is 0.222. The van der Waals surface area contributed by atoms with Crippen molar-refractivity contribution in [2.75, 3.05) is 19.0 Å². The number of anilines is 1. The Morgan fingerprint density at radius 3 is 2.50 bits per heavy atom. The second-order valence-electron chi connectivity index (χ2n) is 3.55. The van der Waals surface area contributed by atoms with Gasteiger partial charge in [-0.1, -0.05) is 5.11 Å². The van der Waals surface area contributed by atoms with E-state index < -0.39 is 0 Å². The van der Waals surface area contributed by atoms with Crippen LogP contribution in [0, 0.1) is 0 Å². The molecule has 7 heteroatoms. The Morgan fingerprint density at radius 1 is 1.31 bits per heavy atom. The summed E-state index contributed by atoms with van der Waals surface area (Å²) >= 11 is 0. The second-order valence-corrected chi connectivity index (χ2v) is 3.55. The van der Waals surface area contributed by atoms with Crippen LogP contribution in [0.15, 0.2) is 22.0 Å². The molecule has 0 radical (unpaired) electrons. The lowest BCUT2D eigenvalue weighted by Crippen LogP contribution is -2.08. The molecular weight excluding hydrogens is 208 g/mol. The number of azide groups is 1. The Hall–Kier alpha value is -2.40. The Labute approximate surface area is 90.3 Å². The van der Waals surface area contributed by atoms with Crippen LogP contribution in [-0.4, -0.2) is 24.1 Å². The number of aromatic nitrogens is 2. The zero-order valence-corrected chi connectivity index (χ0v) is 8.85. The minimum Gasteiger partial charge on any atom is -0.377 e. The van der Waals surface area contributed by atoms with E-state index in [1.165, 1.54) is 0 Å². The van der Waals surface area contributed by atoms with Gasteiger partial charge in [0.15, 0.2) is 0 Å². The molecule has 0 aliphatic carbocycles. The van der Waals surface area contributed by atoms with Crippen LogP contribution in [0.25, 0.3) is 21.5 Å². The predicted molar refractivity (Wildman–Crippen MR) is 62.1 cm³/mol. The smallest absolute Gasteiger partial charge is 0.323 e. The first kappa shape index (κ1) is 10.1. The highest BCUT2D eigenvalue weighted by molar-refractivity contribution is 5.86. The summed E-state index contributed by atoms with van der Waals surface area (Å²) in [6.45, 7) is 0. The van der Waals surface area contributed by atoms with Crippen LogP contribution in [0.3, 0.4) is 0 Å². The van der Waals surface area contributed by atoms with Gasteiger partial charge in [-0.05, 0) is 17.7 Å². The van der Waals surface area contributed by atoms with Crippen LogP contribution in [0.2, 0.25) is 0 Å². The van der Waals surface area contributed by atoms with Gasteiger partial charge in [-0.2, -0.15) is 0 Å². The molecular formula is C9H10N6O. The van der Waals surface area contributed by atoms with E-state index in [0.29, 0.717) is 16.7 Å². The van der Waals surface area contributed by atoms with Crippen molar-refractivity contribution in [3.8, 4) is 0 Å². The molecule has 2 rings (SSSR count). The van der Waals surface area contributed by atoms with Gasteiger partial charge in [0.25, 0.3) is 0 Å². The van der Waals surface area contributed by atoms with E-state index in [-0.39, 0.29) is 5.69 Å². The SMILES string of the molecule is CN(C)c1cc2[nH]c(=O)[nH]c2cc1N=[N+]=[N-]. The summed E-state index contributed by atoms with van der Waals surface area (Å²) in [5.41, 5.74) is 10.7. The van der Waals surface area contributed by atoms with Crippen molar-refractivity contribution in [3.63, 3.8) is 0 Å². The molecule has 0 atom stereocenters. The van der Waals surface area contributed by atoms with Gasteiger partial charge in [-0.15, -0.1) is 0 Å². The van der Waals surface area contributed by atoms with E-state index in [4.69, 9.17) is 5.53 Å². The topological polar surface area (TPSA) is 101 Å². The predicted octanol–water partition coefficient (Wildman–Crippen LogP) is 1.86. The van der Waals surface area contributed by atoms with E-state index in [9.17, 15) is 4.79 Å². The first-order chi connectivity index (χ1) is 7.61. The van der Waals surface area contributed by atoms with E-state index >= 15 is 0 Å². The summed E-state index contributed by atoms with van der Waals surface area (Å²) in [6, 6.07) is 3.40. The van der Waals surface area contributed by atoms with Gasteiger partial charge in [-0.3, -0.25) is 0 Å². The zero-order chi connectivity index (χ0) is 11.7. The molecule has 1 heterocycles. The van der Waals surface area contributed by atoms with Gasteiger partial charge in [-0.25, -0.2) is 4.79 Å². The maximum absolute atomic E-state index is 11.1. The fourth-order valence-electron chi connectivity index (χ4n) is 1.55. The Bertz CT molecular complexity index is 631. The first-order valence-corrected chi connectivity index (χ1v) is 4.60. The first-order valence-electron chi connectivity index (χ1n) is 4.60. The molecule has 2 aromatic rings. The van der Waals surface area contributed by atoms with Crippen LogP contribution in [0.5, 0.6) is 0 Å². The number of aromatic amines is 2. The summed E-state index contributed by atoms with van der Waals surface area (Å²) in [7, 11) is 3.67. The van der Waals surface area contributed by atoms with Crippen molar-refractivity contribution in [2.24, 2.45) is 5.11 Å². The lowest BCUT2D eigenvalue weighted by Gasteiger charge is -2.14. The molecule has 0 saturated carbocycles. The lowest BCUT2D eigenvalue weighted by atomic mass is 10.2. The average Bonchev–Trinajstić information content (AvgIpc) is 2.56. The number of imidazole rings is 1. The highest BCUT2D eigenvalue weighted by atomic mass is 16.1. The third-order valence-electron chi connectivity index (χ3n) is 2.25. The molecule has 1 aromatic carbocycles. The molecule has 0 unspecified atom stereocenters. The van der Waals surface area contributed by atoms with Gasteiger partial charge < -0.3 is 14.9 Å². The number of hydrogen-bond donors (Lipinski definition) is 2. The second kappa shape index (κ2) is 3.63. The van der Waals surface area contributed by atoms with Gasteiger partial charge in [0.2, 0.25) is 0 Å². The summed E-state index contributed by atoms with van der Waals surface area (Å²) in [5.74, 6) is 0. The number of hydrogen-bond acceptors (Lipinski definition) is 3. The molecule has 0 aliphatic heterocycles. The molecule has 0 aliphatic rings. The molecule has 0 amide bonds. The minimum absolute atomic E-state index is 0.280. The van der Waals surface area contributed by atoms with E-state index in [1.807, 2.05) is 19.0 Å². The van der Waals surface area contributed by atoms with Crippen molar-refractivity contribution in [2.45, 2.75) is 0 Å². The van der Waals surface area contributed by atoms with E-state index in [2.05, 4.69) is 20.0 Å². The Morgan fingerprint density at radius 2 is 1.94 bits per heavy atom. The highest BCUT2D eigenvalue weighted by Crippen LogP contribution is 2.30. The van der Waals surface area contributed by atoms with Gasteiger partial charge in [0.05, 0.1) is 16.7 Å². The monoisotopic (exact) mass is 218 g/mol. The molecule has 82 valence electrons. The highest BCUT2D eigenvalue weighted by Gasteiger charge is 2.07. The van der Waals surface area contributed by atoms with Crippen molar-refractivity contribution in [3.05, 3.63) is 33.1 Å². The van der Waals surface area contributed by atoms with Gasteiger partial charge in [0, 0.05) is 24.7 Å². The van der Waals surface area contributed by atoms with Crippen LogP contribution in [-0.2, 0) is 0 Å². The van der Waals surface area contributed by atoms with Crippen molar-refractivity contribution in [1.29, 1.82) is 0 Å². The fourth-order valence-corrected chi connectivity index (χ4v) is 1.55. The van der Waals surface area contributed by atoms with E-state index in [0.717, 1.165) is 5.69 Å². The number of H-pyrrole nitrogens is 2.